The molecule has 0 saturated heterocycles. The van der Waals surface area contributed by atoms with Crippen LogP contribution in [0.5, 0.6) is 0 Å². The molecule has 0 radical (unpaired) electrons. The van der Waals surface area contributed by atoms with Gasteiger partial charge >= 0.3 is 6.09 Å². The summed E-state index contributed by atoms with van der Waals surface area (Å²) in [5, 5.41) is 0. The van der Waals surface area contributed by atoms with Crippen LogP contribution in [-0.2, 0) is 20.0 Å². The molecule has 1 aliphatic heterocycles. The van der Waals surface area contributed by atoms with Crippen molar-refractivity contribution in [1.82, 2.24) is 0 Å². The number of nitrogens with zero attached hydrogens (tertiary/aromatic N) is 1. The number of hydrogen-bond donors (Lipinski definition) is 2. The quantitative estimate of drug-likeness (QED) is 0.532. The van der Waals surface area contributed by atoms with Crippen LogP contribution in [-0.4, -0.2) is 34.8 Å². The molecule has 1 aliphatic rings. The molecular weight excluding hydrogens is 397 g/mol. The number of halogens is 1. The third-order valence-corrected chi connectivity index (χ3v) is 8.16. The van der Waals surface area contributed by atoms with Gasteiger partial charge in [0.15, 0.2) is 0 Å². The topological polar surface area (TPSA) is 106 Å². The smallest absolute Gasteiger partial charge is 0.394 e. The van der Waals surface area contributed by atoms with Crippen LogP contribution in [0.1, 0.15) is 31.9 Å². The first-order valence-corrected chi connectivity index (χ1v) is 14.0. The summed E-state index contributed by atoms with van der Waals surface area (Å²) in [7, 11) is -4.97. The molecule has 0 fully saturated rings. The molecule has 9 heteroatoms. The zero-order valence-corrected chi connectivity index (χ0v) is 18.8. The first kappa shape index (κ1) is 22.1. The number of amides is 1. The zero-order valence-electron chi connectivity index (χ0n) is 17.0. The van der Waals surface area contributed by atoms with E-state index in [1.165, 1.54) is 19.9 Å². The fourth-order valence-corrected chi connectivity index (χ4v) is 5.02. The lowest BCUT2D eigenvalue weighted by Crippen LogP contribution is -2.53. The second-order valence-electron chi connectivity index (χ2n) is 8.64. The Morgan fingerprint density at radius 1 is 1.36 bits per heavy atom. The van der Waals surface area contributed by atoms with Gasteiger partial charge in [0.1, 0.15) is 24.2 Å². The molecular formula is C19H26FN3O3SSi. The van der Waals surface area contributed by atoms with E-state index in [2.05, 4.69) is 36.1 Å². The summed E-state index contributed by atoms with van der Waals surface area (Å²) in [4.78, 5) is 15.7. The van der Waals surface area contributed by atoms with Crippen molar-refractivity contribution in [3.8, 4) is 11.5 Å². The van der Waals surface area contributed by atoms with Gasteiger partial charge in [0, 0.05) is 11.1 Å². The first-order valence-electron chi connectivity index (χ1n) is 8.74. The van der Waals surface area contributed by atoms with Gasteiger partial charge in [-0.25, -0.2) is 18.4 Å². The van der Waals surface area contributed by atoms with Crippen molar-refractivity contribution >= 4 is 29.8 Å². The average molecular weight is 424 g/mol. The maximum atomic E-state index is 14.7. The van der Waals surface area contributed by atoms with Crippen molar-refractivity contribution in [2.75, 3.05) is 5.75 Å². The van der Waals surface area contributed by atoms with E-state index in [1.54, 1.807) is 19.1 Å². The Balaban J connectivity index is 2.68. The number of carbonyl (C=O) groups is 1. The largest absolute Gasteiger partial charge is 0.411 e. The second kappa shape index (κ2) is 7.01. The van der Waals surface area contributed by atoms with E-state index < -0.39 is 40.0 Å². The van der Waals surface area contributed by atoms with Gasteiger partial charge in [0.2, 0.25) is 5.90 Å². The van der Waals surface area contributed by atoms with Gasteiger partial charge < -0.3 is 10.5 Å². The highest BCUT2D eigenvalue weighted by molar-refractivity contribution is 7.94. The van der Waals surface area contributed by atoms with Crippen molar-refractivity contribution in [3.05, 3.63) is 35.1 Å². The fourth-order valence-electron chi connectivity index (χ4n) is 2.76. The minimum Gasteiger partial charge on any atom is -0.394 e. The number of aliphatic imine (C=N–C) groups is 1. The number of rotatable bonds is 1. The number of carbonyl (C=O) groups excluding carboxylic acids is 1. The number of hydrogen-bond acceptors (Lipinski definition) is 5. The van der Waals surface area contributed by atoms with Crippen molar-refractivity contribution < 1.29 is 18.1 Å². The number of nitrogens with two attached hydrogens (primary N) is 1. The predicted molar refractivity (Wildman–Crippen MR) is 112 cm³/mol. The molecule has 3 N–H and O–H groups in total. The summed E-state index contributed by atoms with van der Waals surface area (Å²) in [6.45, 7) is 10.9. The molecule has 0 spiro atoms. The minimum atomic E-state index is -3.34. The highest BCUT2D eigenvalue weighted by atomic mass is 32.2. The first-order chi connectivity index (χ1) is 12.6. The summed E-state index contributed by atoms with van der Waals surface area (Å²) < 4.78 is 39.8. The van der Waals surface area contributed by atoms with Gasteiger partial charge in [-0.2, -0.15) is 0 Å². The van der Waals surface area contributed by atoms with Gasteiger partial charge in [-0.3, -0.25) is 4.78 Å². The van der Waals surface area contributed by atoms with Crippen LogP contribution < -0.4 is 5.73 Å². The van der Waals surface area contributed by atoms with Gasteiger partial charge in [-0.15, -0.1) is 5.54 Å². The van der Waals surface area contributed by atoms with E-state index in [-0.39, 0.29) is 17.2 Å². The molecule has 1 amide bonds. The monoisotopic (exact) mass is 423 g/mol. The highest BCUT2D eigenvalue weighted by Gasteiger charge is 2.49. The number of benzene rings is 1. The lowest BCUT2D eigenvalue weighted by Gasteiger charge is -2.39. The standard InChI is InChI=1S/C19H26FN3O3SSi/c1-18(2)16(26-17(21)24)23-19(3,12-27(18,22)25)14-11-13(7-8-15(14)20)9-10-28(4,5)6/h7-8,11,22H,12H2,1-6H3,(H2,21,24)/t19-,27-/m0/s1. The molecule has 1 aromatic rings. The van der Waals surface area contributed by atoms with Crippen LogP contribution in [0.3, 0.4) is 0 Å². The summed E-state index contributed by atoms with van der Waals surface area (Å²) >= 11 is 0. The normalized spacial score (nSPS) is 26.6. The van der Waals surface area contributed by atoms with E-state index in [0.717, 1.165) is 0 Å². The number of nitrogens with one attached hydrogen (secondary N) is 1. The van der Waals surface area contributed by atoms with E-state index >= 15 is 0 Å². The van der Waals surface area contributed by atoms with Gasteiger partial charge in [0.05, 0.1) is 15.5 Å². The van der Waals surface area contributed by atoms with Crippen molar-refractivity contribution in [3.63, 3.8) is 0 Å². The Morgan fingerprint density at radius 3 is 2.50 bits per heavy atom. The van der Waals surface area contributed by atoms with Gasteiger partial charge in [-0.05, 0) is 39.0 Å². The van der Waals surface area contributed by atoms with Crippen LogP contribution in [0, 0.1) is 22.1 Å². The number of ether oxygens (including phenoxy) is 1. The molecule has 152 valence electrons. The minimum absolute atomic E-state index is 0.149. The third-order valence-electron chi connectivity index (χ3n) is 4.50. The Kier molecular flexibility index (Phi) is 5.53. The van der Waals surface area contributed by atoms with Crippen LogP contribution in [0.2, 0.25) is 19.6 Å². The molecule has 2 atom stereocenters. The zero-order chi connectivity index (χ0) is 21.5. The predicted octanol–water partition coefficient (Wildman–Crippen LogP) is 3.60. The molecule has 28 heavy (non-hydrogen) atoms. The van der Waals surface area contributed by atoms with Crippen molar-refractivity contribution in [2.45, 2.75) is 50.7 Å². The molecule has 0 aliphatic carbocycles. The lowest BCUT2D eigenvalue weighted by atomic mass is 9.92. The van der Waals surface area contributed by atoms with Crippen molar-refractivity contribution in [1.29, 1.82) is 4.78 Å². The Morgan fingerprint density at radius 2 is 1.96 bits per heavy atom. The molecule has 1 heterocycles. The summed E-state index contributed by atoms with van der Waals surface area (Å²) in [5.41, 5.74) is 7.72. The highest BCUT2D eigenvalue weighted by Crippen LogP contribution is 2.39. The molecule has 1 aromatic carbocycles. The molecule has 0 unspecified atom stereocenters. The van der Waals surface area contributed by atoms with Crippen LogP contribution in [0.4, 0.5) is 9.18 Å². The van der Waals surface area contributed by atoms with E-state index in [4.69, 9.17) is 15.3 Å². The molecule has 0 bridgehead atoms. The maximum absolute atomic E-state index is 14.7. The summed E-state index contributed by atoms with van der Waals surface area (Å²) in [6.07, 6.45) is -1.12. The Labute approximate surface area is 166 Å². The SMILES string of the molecule is CC1(C)C(OC(N)=O)=N[C@](C)(c2cc(C#C[Si](C)(C)C)ccc2F)C[S@]1(=N)=O. The average Bonchev–Trinajstić information content (AvgIpc) is 2.50. The molecule has 2 rings (SSSR count). The third kappa shape index (κ3) is 4.44. The maximum Gasteiger partial charge on any atom is 0.411 e. The van der Waals surface area contributed by atoms with E-state index in [1.807, 2.05) is 0 Å². The van der Waals surface area contributed by atoms with Crippen LogP contribution >= 0.6 is 0 Å². The number of primary amides is 1. The van der Waals surface area contributed by atoms with Crippen LogP contribution in [0.15, 0.2) is 23.2 Å². The van der Waals surface area contributed by atoms with Crippen LogP contribution in [0.25, 0.3) is 0 Å². The van der Waals surface area contributed by atoms with E-state index in [9.17, 15) is 13.4 Å². The summed E-state index contributed by atoms with van der Waals surface area (Å²) in [5.74, 6) is 2.05. The van der Waals surface area contributed by atoms with Gasteiger partial charge in [-0.1, -0.05) is 25.6 Å². The summed E-state index contributed by atoms with van der Waals surface area (Å²) in [6, 6.07) is 4.41. The molecule has 0 aromatic heterocycles. The molecule has 6 nitrogen and oxygen atoms in total. The Bertz CT molecular complexity index is 1020. The van der Waals surface area contributed by atoms with Gasteiger partial charge in [0.25, 0.3) is 0 Å². The second-order valence-corrected chi connectivity index (χ2v) is 16.0. The van der Waals surface area contributed by atoms with Crippen molar-refractivity contribution in [2.24, 2.45) is 10.7 Å². The molecule has 0 saturated carbocycles. The van der Waals surface area contributed by atoms with E-state index in [0.29, 0.717) is 5.56 Å². The Hall–Kier alpha value is -2.18. The lowest BCUT2D eigenvalue weighted by molar-refractivity contribution is 0.204. The fraction of sp³-hybridized carbons (Fsp3) is 0.474.